The summed E-state index contributed by atoms with van der Waals surface area (Å²) in [6.45, 7) is 5.38. The summed E-state index contributed by atoms with van der Waals surface area (Å²) in [6, 6.07) is 3.41. The van der Waals surface area contributed by atoms with Crippen LogP contribution < -0.4 is 14.8 Å². The maximum atomic E-state index is 13.1. The van der Waals surface area contributed by atoms with Crippen LogP contribution in [0.3, 0.4) is 0 Å². The molecular formula is C27H27BrN2O7S2. The zero-order valence-corrected chi connectivity index (χ0v) is 24.7. The van der Waals surface area contributed by atoms with E-state index in [0.717, 1.165) is 52.8 Å². The van der Waals surface area contributed by atoms with Gasteiger partial charge in [0.2, 0.25) is 5.91 Å². The van der Waals surface area contributed by atoms with Gasteiger partial charge in [-0.3, -0.25) is 19.3 Å². The van der Waals surface area contributed by atoms with E-state index in [4.69, 9.17) is 14.2 Å². The van der Waals surface area contributed by atoms with Crippen LogP contribution in [0.15, 0.2) is 34.2 Å². The quantitative estimate of drug-likeness (QED) is 0.198. The molecule has 2 aromatic rings. The molecule has 0 unspecified atom stereocenters. The standard InChI is InChI=1S/C27H27BrN2O7S2/c1-4-10-37-23-17(28)11-15(12-18(23)35-3)13-20-25(32)30(27(34)39-20)14-21(31)29-24-22(26(33)36-5-2)16-8-6-7-9-19(16)38-24/h4,11-13H,1,5-10,14H2,2-3H3,(H,29,31). The Morgan fingerprint density at radius 1 is 1.23 bits per heavy atom. The molecule has 1 N–H and O–H groups in total. The highest BCUT2D eigenvalue weighted by atomic mass is 79.9. The minimum Gasteiger partial charge on any atom is -0.493 e. The maximum absolute atomic E-state index is 13.1. The average molecular weight is 636 g/mol. The lowest BCUT2D eigenvalue weighted by atomic mass is 9.95. The van der Waals surface area contributed by atoms with Gasteiger partial charge in [0.15, 0.2) is 11.5 Å². The zero-order valence-electron chi connectivity index (χ0n) is 21.5. The Kier molecular flexibility index (Phi) is 9.52. The van der Waals surface area contributed by atoms with Gasteiger partial charge in [-0.05, 0) is 89.6 Å². The number of rotatable bonds is 10. The van der Waals surface area contributed by atoms with Crippen molar-refractivity contribution in [2.45, 2.75) is 32.6 Å². The van der Waals surface area contributed by atoms with Crippen molar-refractivity contribution in [1.82, 2.24) is 4.90 Å². The molecule has 0 spiro atoms. The van der Waals surface area contributed by atoms with Crippen LogP contribution in [0.5, 0.6) is 11.5 Å². The Morgan fingerprint density at radius 2 is 2.00 bits per heavy atom. The van der Waals surface area contributed by atoms with E-state index >= 15 is 0 Å². The second kappa shape index (κ2) is 12.8. The Bertz CT molecular complexity index is 1370. The van der Waals surface area contributed by atoms with E-state index in [9.17, 15) is 19.2 Å². The Morgan fingerprint density at radius 3 is 2.72 bits per heavy atom. The normalized spacial score (nSPS) is 15.8. The van der Waals surface area contributed by atoms with Crippen molar-refractivity contribution in [1.29, 1.82) is 0 Å². The van der Waals surface area contributed by atoms with Crippen molar-refractivity contribution in [3.05, 3.63) is 55.7 Å². The lowest BCUT2D eigenvalue weighted by Crippen LogP contribution is -2.36. The molecule has 1 saturated heterocycles. The van der Waals surface area contributed by atoms with Crippen LogP contribution in [0.4, 0.5) is 9.80 Å². The van der Waals surface area contributed by atoms with Crippen molar-refractivity contribution in [3.63, 3.8) is 0 Å². The number of aryl methyl sites for hydroxylation is 1. The van der Waals surface area contributed by atoms with Crippen LogP contribution in [0.2, 0.25) is 0 Å². The van der Waals surface area contributed by atoms with Crippen molar-refractivity contribution in [3.8, 4) is 11.5 Å². The van der Waals surface area contributed by atoms with E-state index in [0.29, 0.717) is 32.1 Å². The molecule has 12 heteroatoms. The van der Waals surface area contributed by atoms with Gasteiger partial charge in [-0.1, -0.05) is 12.7 Å². The van der Waals surface area contributed by atoms with Gasteiger partial charge >= 0.3 is 5.97 Å². The van der Waals surface area contributed by atoms with Crippen molar-refractivity contribution < 1.29 is 33.4 Å². The number of amides is 3. The molecule has 0 saturated carbocycles. The molecular weight excluding hydrogens is 608 g/mol. The second-order valence-electron chi connectivity index (χ2n) is 8.59. The smallest absolute Gasteiger partial charge is 0.341 e. The number of anilines is 1. The number of carbonyl (C=O) groups is 4. The first-order valence-corrected chi connectivity index (χ1v) is 14.7. The number of ether oxygens (including phenoxy) is 3. The third-order valence-electron chi connectivity index (χ3n) is 5.97. The number of imide groups is 1. The van der Waals surface area contributed by atoms with E-state index in [1.165, 1.54) is 18.4 Å². The fourth-order valence-electron chi connectivity index (χ4n) is 4.28. The van der Waals surface area contributed by atoms with Crippen LogP contribution in [-0.2, 0) is 27.2 Å². The molecule has 1 aromatic carbocycles. The molecule has 0 bridgehead atoms. The number of methoxy groups -OCH3 is 1. The summed E-state index contributed by atoms with van der Waals surface area (Å²) < 4.78 is 16.9. The molecule has 206 valence electrons. The average Bonchev–Trinajstić information content (AvgIpc) is 3.39. The molecule has 2 heterocycles. The first-order chi connectivity index (χ1) is 18.8. The highest BCUT2D eigenvalue weighted by Gasteiger charge is 2.37. The van der Waals surface area contributed by atoms with Crippen molar-refractivity contribution in [2.75, 3.05) is 32.2 Å². The molecule has 1 aliphatic carbocycles. The molecule has 39 heavy (non-hydrogen) atoms. The monoisotopic (exact) mass is 634 g/mol. The van der Waals surface area contributed by atoms with Gasteiger partial charge in [-0.15, -0.1) is 11.3 Å². The molecule has 4 rings (SSSR count). The van der Waals surface area contributed by atoms with E-state index in [2.05, 4.69) is 27.8 Å². The molecule has 3 amide bonds. The fourth-order valence-corrected chi connectivity index (χ4v) is 6.98. The molecule has 1 fully saturated rings. The van der Waals surface area contributed by atoms with Crippen LogP contribution in [-0.4, -0.2) is 54.8 Å². The second-order valence-corrected chi connectivity index (χ2v) is 11.5. The van der Waals surface area contributed by atoms with E-state index in [-0.39, 0.29) is 18.1 Å². The van der Waals surface area contributed by atoms with Crippen LogP contribution in [0.25, 0.3) is 6.08 Å². The highest BCUT2D eigenvalue weighted by molar-refractivity contribution is 9.10. The largest absolute Gasteiger partial charge is 0.493 e. The summed E-state index contributed by atoms with van der Waals surface area (Å²) in [4.78, 5) is 53.4. The first kappa shape index (κ1) is 28.9. The third kappa shape index (κ3) is 6.39. The summed E-state index contributed by atoms with van der Waals surface area (Å²) in [7, 11) is 1.50. The summed E-state index contributed by atoms with van der Waals surface area (Å²) in [5.74, 6) is -0.721. The maximum Gasteiger partial charge on any atom is 0.341 e. The number of carbonyl (C=O) groups excluding carboxylic acids is 4. The highest BCUT2D eigenvalue weighted by Crippen LogP contribution is 2.40. The van der Waals surface area contributed by atoms with Gasteiger partial charge in [0.25, 0.3) is 11.1 Å². The van der Waals surface area contributed by atoms with Crippen molar-refractivity contribution >= 4 is 73.1 Å². The lowest BCUT2D eigenvalue weighted by molar-refractivity contribution is -0.127. The number of hydrogen-bond donors (Lipinski definition) is 1. The van der Waals surface area contributed by atoms with Gasteiger partial charge in [0.05, 0.1) is 28.7 Å². The number of benzene rings is 1. The lowest BCUT2D eigenvalue weighted by Gasteiger charge is -2.14. The van der Waals surface area contributed by atoms with E-state index < -0.39 is 29.6 Å². The third-order valence-corrected chi connectivity index (χ3v) is 8.68. The van der Waals surface area contributed by atoms with Gasteiger partial charge in [-0.25, -0.2) is 4.79 Å². The first-order valence-electron chi connectivity index (χ1n) is 12.2. The molecule has 1 aliphatic heterocycles. The van der Waals surface area contributed by atoms with Crippen molar-refractivity contribution in [2.24, 2.45) is 0 Å². The minimum absolute atomic E-state index is 0.167. The number of halogens is 1. The molecule has 1 aromatic heterocycles. The predicted octanol–water partition coefficient (Wildman–Crippen LogP) is 5.81. The van der Waals surface area contributed by atoms with Crippen LogP contribution in [0.1, 0.15) is 46.1 Å². The summed E-state index contributed by atoms with van der Waals surface area (Å²) in [6.07, 6.45) is 6.71. The van der Waals surface area contributed by atoms with Gasteiger partial charge < -0.3 is 19.5 Å². The molecule has 0 radical (unpaired) electrons. The fraction of sp³-hybridized carbons (Fsp3) is 0.333. The topological polar surface area (TPSA) is 111 Å². The van der Waals surface area contributed by atoms with Crippen LogP contribution >= 0.6 is 39.0 Å². The van der Waals surface area contributed by atoms with E-state index in [1.54, 1.807) is 31.2 Å². The Balaban J connectivity index is 1.51. The van der Waals surface area contributed by atoms with Gasteiger partial charge in [-0.2, -0.15) is 0 Å². The predicted molar refractivity (Wildman–Crippen MR) is 155 cm³/mol. The number of fused-ring (bicyclic) bond motifs is 1. The zero-order chi connectivity index (χ0) is 28.1. The summed E-state index contributed by atoms with van der Waals surface area (Å²) in [5.41, 5.74) is 1.89. The Hall–Kier alpha value is -3.09. The van der Waals surface area contributed by atoms with E-state index in [1.807, 2.05) is 0 Å². The number of esters is 1. The van der Waals surface area contributed by atoms with Gasteiger partial charge in [0.1, 0.15) is 18.2 Å². The van der Waals surface area contributed by atoms with Gasteiger partial charge in [0, 0.05) is 4.88 Å². The minimum atomic E-state index is -0.585. The molecule has 0 atom stereocenters. The van der Waals surface area contributed by atoms with Crippen LogP contribution in [0, 0.1) is 0 Å². The number of thiophene rings is 1. The number of nitrogens with zero attached hydrogens (tertiary/aromatic N) is 1. The molecule has 2 aliphatic rings. The summed E-state index contributed by atoms with van der Waals surface area (Å²) in [5, 5.41) is 2.58. The molecule has 9 nitrogen and oxygen atoms in total. The number of nitrogens with one attached hydrogen (secondary N) is 1. The SMILES string of the molecule is C=CCOc1c(Br)cc(C=C2SC(=O)N(CC(=O)Nc3sc4c(c3C(=O)OCC)CCCC4)C2=O)cc1OC. The summed E-state index contributed by atoms with van der Waals surface area (Å²) >= 11 is 5.54. The number of hydrogen-bond acceptors (Lipinski definition) is 9. The number of thioether (sulfide) groups is 1. The Labute approximate surface area is 242 Å².